The molecule has 0 unspecified atom stereocenters. The second kappa shape index (κ2) is 4.14. The smallest absolute Gasteiger partial charge is 0.189 e. The number of H-pyrrole nitrogens is 1. The summed E-state index contributed by atoms with van der Waals surface area (Å²) in [5.41, 5.74) is 3.21. The van der Waals surface area contributed by atoms with Crippen molar-refractivity contribution in [1.82, 2.24) is 9.97 Å². The number of rotatable bonds is 1. The van der Waals surface area contributed by atoms with Gasteiger partial charge in [-0.25, -0.2) is 4.98 Å². The number of allylic oxidation sites excluding steroid dienone is 1. The van der Waals surface area contributed by atoms with Crippen LogP contribution in [0.2, 0.25) is 0 Å². The van der Waals surface area contributed by atoms with Crippen molar-refractivity contribution in [3.63, 3.8) is 0 Å². The van der Waals surface area contributed by atoms with Gasteiger partial charge in [0.25, 0.3) is 0 Å². The van der Waals surface area contributed by atoms with Gasteiger partial charge < -0.3 is 10.1 Å². The minimum Gasteiger partial charge on any atom is -0.508 e. The van der Waals surface area contributed by atoms with Gasteiger partial charge in [0.05, 0.1) is 18.2 Å². The van der Waals surface area contributed by atoms with Gasteiger partial charge in [-0.1, -0.05) is 0 Å². The van der Waals surface area contributed by atoms with Crippen LogP contribution in [0.3, 0.4) is 0 Å². The summed E-state index contributed by atoms with van der Waals surface area (Å²) in [7, 11) is 0. The summed E-state index contributed by atoms with van der Waals surface area (Å²) in [6, 6.07) is 4.91. The number of phenols is 1. The number of carbonyl (C=O) groups is 1. The number of Topliss-reactive ketones (excluding diaryl/α,β-unsaturated/α-hetero) is 1. The molecule has 1 aromatic heterocycles. The van der Waals surface area contributed by atoms with Crippen LogP contribution in [0.1, 0.15) is 28.0 Å². The molecule has 2 N–H and O–H groups in total. The highest BCUT2D eigenvalue weighted by molar-refractivity contribution is 6.13. The third kappa shape index (κ3) is 1.82. The quantitative estimate of drug-likeness (QED) is 0.752. The fraction of sp³-hybridized carbons (Fsp3) is 0.143. The first-order chi connectivity index (χ1) is 8.74. The lowest BCUT2D eigenvalue weighted by Gasteiger charge is -2.17. The van der Waals surface area contributed by atoms with E-state index in [1.807, 2.05) is 6.08 Å². The van der Waals surface area contributed by atoms with Crippen LogP contribution in [0.4, 0.5) is 0 Å². The zero-order chi connectivity index (χ0) is 12.5. The monoisotopic (exact) mass is 240 g/mol. The van der Waals surface area contributed by atoms with E-state index in [9.17, 15) is 9.90 Å². The second-order valence-electron chi connectivity index (χ2n) is 4.35. The Morgan fingerprint density at radius 1 is 1.33 bits per heavy atom. The maximum absolute atomic E-state index is 12.3. The molecule has 18 heavy (non-hydrogen) atoms. The highest BCUT2D eigenvalue weighted by Gasteiger charge is 2.22. The molecular formula is C14H12N2O2. The Hall–Kier alpha value is -2.36. The first kappa shape index (κ1) is 10.8. The molecule has 0 spiro atoms. The van der Waals surface area contributed by atoms with E-state index in [2.05, 4.69) is 9.97 Å². The number of aryl methyl sites for hydroxylation is 1. The number of nitrogens with zero attached hydrogens (tertiary/aromatic N) is 1. The van der Waals surface area contributed by atoms with Gasteiger partial charge >= 0.3 is 0 Å². The van der Waals surface area contributed by atoms with Gasteiger partial charge in [0.15, 0.2) is 5.78 Å². The number of aromatic hydroxyl groups is 1. The molecule has 1 aliphatic rings. The highest BCUT2D eigenvalue weighted by atomic mass is 16.3. The predicted molar refractivity (Wildman–Crippen MR) is 67.3 cm³/mol. The normalized spacial score (nSPS) is 16.9. The summed E-state index contributed by atoms with van der Waals surface area (Å²) in [6.45, 7) is 0. The maximum atomic E-state index is 12.3. The number of imidazole rings is 1. The van der Waals surface area contributed by atoms with E-state index in [0.29, 0.717) is 12.0 Å². The Bertz CT molecular complexity index is 627. The first-order valence-corrected chi connectivity index (χ1v) is 5.79. The summed E-state index contributed by atoms with van der Waals surface area (Å²) < 4.78 is 0. The predicted octanol–water partition coefficient (Wildman–Crippen LogP) is 2.33. The molecule has 3 rings (SSSR count). The molecule has 4 nitrogen and oxygen atoms in total. The molecule has 0 bridgehead atoms. The number of hydrogen-bond donors (Lipinski definition) is 2. The molecule has 0 atom stereocenters. The highest BCUT2D eigenvalue weighted by Crippen LogP contribution is 2.28. The fourth-order valence-electron chi connectivity index (χ4n) is 2.24. The Balaban J connectivity index is 1.99. The largest absolute Gasteiger partial charge is 0.508 e. The van der Waals surface area contributed by atoms with Crippen molar-refractivity contribution in [3.05, 3.63) is 53.1 Å². The molecule has 0 aliphatic heterocycles. The maximum Gasteiger partial charge on any atom is 0.189 e. The van der Waals surface area contributed by atoms with E-state index in [1.54, 1.807) is 30.7 Å². The summed E-state index contributed by atoms with van der Waals surface area (Å²) in [4.78, 5) is 19.2. The van der Waals surface area contributed by atoms with Crippen LogP contribution in [0.5, 0.6) is 5.75 Å². The van der Waals surface area contributed by atoms with Crippen molar-refractivity contribution < 1.29 is 9.90 Å². The zero-order valence-corrected chi connectivity index (χ0v) is 9.68. The Labute approximate surface area is 104 Å². The lowest BCUT2D eigenvalue weighted by Crippen LogP contribution is -2.13. The Morgan fingerprint density at radius 3 is 3.00 bits per heavy atom. The Kier molecular flexibility index (Phi) is 2.48. The van der Waals surface area contributed by atoms with E-state index < -0.39 is 0 Å². The zero-order valence-electron chi connectivity index (χ0n) is 9.68. The van der Waals surface area contributed by atoms with Crippen LogP contribution >= 0.6 is 0 Å². The molecule has 4 heteroatoms. The van der Waals surface area contributed by atoms with Crippen molar-refractivity contribution in [2.24, 2.45) is 0 Å². The van der Waals surface area contributed by atoms with E-state index >= 15 is 0 Å². The third-order valence-electron chi connectivity index (χ3n) is 3.14. The summed E-state index contributed by atoms with van der Waals surface area (Å²) in [5, 5.41) is 9.41. The molecule has 0 amide bonds. The fourth-order valence-corrected chi connectivity index (χ4v) is 2.24. The van der Waals surface area contributed by atoms with Crippen molar-refractivity contribution in [1.29, 1.82) is 0 Å². The number of aromatic nitrogens is 2. The molecule has 1 aliphatic carbocycles. The molecule has 90 valence electrons. The molecular weight excluding hydrogens is 228 g/mol. The lowest BCUT2D eigenvalue weighted by atomic mass is 9.86. The second-order valence-corrected chi connectivity index (χ2v) is 4.35. The topological polar surface area (TPSA) is 66.0 Å². The van der Waals surface area contributed by atoms with E-state index in [-0.39, 0.29) is 11.5 Å². The molecule has 0 saturated heterocycles. The van der Waals surface area contributed by atoms with Crippen LogP contribution in [0.25, 0.3) is 6.08 Å². The molecule has 1 heterocycles. The molecule has 0 radical (unpaired) electrons. The average Bonchev–Trinajstić information content (AvgIpc) is 2.85. The number of hydrogen-bond acceptors (Lipinski definition) is 3. The van der Waals surface area contributed by atoms with Gasteiger partial charge in [-0.15, -0.1) is 0 Å². The van der Waals surface area contributed by atoms with Gasteiger partial charge in [-0.3, -0.25) is 4.79 Å². The van der Waals surface area contributed by atoms with Gasteiger partial charge in [0.1, 0.15) is 5.75 Å². The van der Waals surface area contributed by atoms with Gasteiger partial charge in [-0.2, -0.15) is 0 Å². The lowest BCUT2D eigenvalue weighted by molar-refractivity contribution is 0.102. The number of benzene rings is 1. The van der Waals surface area contributed by atoms with Crippen LogP contribution in [0, 0.1) is 0 Å². The van der Waals surface area contributed by atoms with Gasteiger partial charge in [0.2, 0.25) is 0 Å². The third-order valence-corrected chi connectivity index (χ3v) is 3.14. The number of phenolic OH excluding ortho intramolecular Hbond substituents is 1. The number of fused-ring (bicyclic) bond motifs is 1. The summed E-state index contributed by atoms with van der Waals surface area (Å²) >= 11 is 0. The van der Waals surface area contributed by atoms with E-state index in [4.69, 9.17) is 0 Å². The SMILES string of the molecule is O=C1/C(=C/c2cnc[nH]2)CCc2cc(O)ccc21. The number of aromatic amines is 1. The van der Waals surface area contributed by atoms with Gasteiger partial charge in [0, 0.05) is 11.1 Å². The van der Waals surface area contributed by atoms with Crippen molar-refractivity contribution in [3.8, 4) is 5.75 Å². The standard InChI is InChI=1S/C14H12N2O2/c17-12-3-4-13-9(6-12)1-2-10(14(13)18)5-11-7-15-8-16-11/h3-8,17H,1-2H2,(H,15,16)/b10-5+. The molecule has 2 aromatic rings. The number of ketones is 1. The van der Waals surface area contributed by atoms with Crippen molar-refractivity contribution >= 4 is 11.9 Å². The first-order valence-electron chi connectivity index (χ1n) is 5.79. The minimum atomic E-state index is 0.0332. The van der Waals surface area contributed by atoms with Crippen LogP contribution in [0.15, 0.2) is 36.3 Å². The summed E-state index contributed by atoms with van der Waals surface area (Å²) in [5.74, 6) is 0.244. The van der Waals surface area contributed by atoms with Crippen LogP contribution < -0.4 is 0 Å². The van der Waals surface area contributed by atoms with Crippen LogP contribution in [-0.4, -0.2) is 20.9 Å². The average molecular weight is 240 g/mol. The van der Waals surface area contributed by atoms with Crippen molar-refractivity contribution in [2.75, 3.05) is 0 Å². The summed E-state index contributed by atoms with van der Waals surface area (Å²) in [6.07, 6.45) is 6.58. The number of nitrogens with one attached hydrogen (secondary N) is 1. The van der Waals surface area contributed by atoms with Gasteiger partial charge in [-0.05, 0) is 42.7 Å². The molecule has 1 aromatic carbocycles. The Morgan fingerprint density at radius 2 is 2.22 bits per heavy atom. The van der Waals surface area contributed by atoms with E-state index in [0.717, 1.165) is 23.3 Å². The molecule has 0 saturated carbocycles. The van der Waals surface area contributed by atoms with Crippen molar-refractivity contribution in [2.45, 2.75) is 12.8 Å². The van der Waals surface area contributed by atoms with E-state index in [1.165, 1.54) is 0 Å². The van der Waals surface area contributed by atoms with Crippen LogP contribution in [-0.2, 0) is 6.42 Å². The molecule has 0 fully saturated rings. The number of carbonyl (C=O) groups excluding carboxylic acids is 1. The minimum absolute atomic E-state index is 0.0332.